The minimum absolute atomic E-state index is 0.0559. The van der Waals surface area contributed by atoms with Gasteiger partial charge in [-0.2, -0.15) is 5.10 Å². The van der Waals surface area contributed by atoms with Crippen LogP contribution in [0.3, 0.4) is 0 Å². The van der Waals surface area contributed by atoms with Gasteiger partial charge in [-0.15, -0.1) is 0 Å². The maximum Gasteiger partial charge on any atom is 0.239 e. The number of nitrogens with zero attached hydrogens (tertiary/aromatic N) is 3. The summed E-state index contributed by atoms with van der Waals surface area (Å²) in [5.74, 6) is 0.900. The van der Waals surface area contributed by atoms with Crippen molar-refractivity contribution in [2.75, 3.05) is 18.9 Å². The van der Waals surface area contributed by atoms with Crippen molar-refractivity contribution >= 4 is 11.7 Å². The van der Waals surface area contributed by atoms with Crippen molar-refractivity contribution in [1.82, 2.24) is 14.7 Å². The van der Waals surface area contributed by atoms with Crippen molar-refractivity contribution in [1.29, 1.82) is 0 Å². The first-order chi connectivity index (χ1) is 9.61. The molecule has 1 heterocycles. The van der Waals surface area contributed by atoms with Gasteiger partial charge in [0.25, 0.3) is 0 Å². The molecule has 0 aliphatic heterocycles. The SMILES string of the molecule is CCCn1ncc(C)c1NC(=O)CN(C)C1CCCC1. The molecule has 0 aromatic carbocycles. The van der Waals surface area contributed by atoms with Gasteiger partial charge in [0.2, 0.25) is 5.91 Å². The lowest BCUT2D eigenvalue weighted by atomic mass is 10.2. The van der Waals surface area contributed by atoms with Crippen LogP contribution in [0.2, 0.25) is 0 Å². The van der Waals surface area contributed by atoms with Gasteiger partial charge in [0.05, 0.1) is 12.7 Å². The highest BCUT2D eigenvalue weighted by molar-refractivity contribution is 5.92. The van der Waals surface area contributed by atoms with Crippen molar-refractivity contribution < 1.29 is 4.79 Å². The van der Waals surface area contributed by atoms with E-state index in [2.05, 4.69) is 22.2 Å². The Balaban J connectivity index is 1.92. The topological polar surface area (TPSA) is 50.2 Å². The standard InChI is InChI=1S/C15H26N4O/c1-4-9-19-15(12(2)10-16-19)17-14(20)11-18(3)13-7-5-6-8-13/h10,13H,4-9,11H2,1-3H3,(H,17,20). The van der Waals surface area contributed by atoms with Gasteiger partial charge in [-0.3, -0.25) is 9.69 Å². The molecule has 0 saturated heterocycles. The summed E-state index contributed by atoms with van der Waals surface area (Å²) >= 11 is 0. The summed E-state index contributed by atoms with van der Waals surface area (Å²) in [4.78, 5) is 14.4. The number of aromatic nitrogens is 2. The number of anilines is 1. The van der Waals surface area contributed by atoms with Crippen LogP contribution in [-0.2, 0) is 11.3 Å². The van der Waals surface area contributed by atoms with Crippen molar-refractivity contribution in [3.8, 4) is 0 Å². The number of nitrogens with one attached hydrogen (secondary N) is 1. The lowest BCUT2D eigenvalue weighted by Crippen LogP contribution is -2.36. The van der Waals surface area contributed by atoms with Crippen LogP contribution in [-0.4, -0.2) is 40.2 Å². The fourth-order valence-electron chi connectivity index (χ4n) is 2.90. The molecule has 0 unspecified atom stereocenters. The normalized spacial score (nSPS) is 16.0. The minimum Gasteiger partial charge on any atom is -0.310 e. The molecule has 20 heavy (non-hydrogen) atoms. The number of carbonyl (C=O) groups excluding carboxylic acids is 1. The smallest absolute Gasteiger partial charge is 0.239 e. The molecule has 5 nitrogen and oxygen atoms in total. The second-order valence-corrected chi connectivity index (χ2v) is 5.80. The van der Waals surface area contributed by atoms with Gasteiger partial charge >= 0.3 is 0 Å². The molecule has 0 spiro atoms. The molecule has 5 heteroatoms. The summed E-state index contributed by atoms with van der Waals surface area (Å²) in [6, 6.07) is 0.572. The lowest BCUT2D eigenvalue weighted by Gasteiger charge is -2.23. The maximum absolute atomic E-state index is 12.2. The summed E-state index contributed by atoms with van der Waals surface area (Å²) in [5, 5.41) is 7.32. The maximum atomic E-state index is 12.2. The van der Waals surface area contributed by atoms with Crippen molar-refractivity contribution in [3.05, 3.63) is 11.8 Å². The van der Waals surface area contributed by atoms with Gasteiger partial charge in [-0.05, 0) is 33.2 Å². The summed E-state index contributed by atoms with van der Waals surface area (Å²) in [7, 11) is 2.05. The predicted molar refractivity (Wildman–Crippen MR) is 80.8 cm³/mol. The molecule has 1 saturated carbocycles. The fraction of sp³-hybridized carbons (Fsp3) is 0.733. The Kier molecular flexibility index (Phi) is 5.17. The molecular formula is C15H26N4O. The molecule has 0 atom stereocenters. The number of likely N-dealkylation sites (N-methyl/N-ethyl adjacent to an activating group) is 1. The highest BCUT2D eigenvalue weighted by atomic mass is 16.2. The van der Waals surface area contributed by atoms with E-state index in [1.807, 2.05) is 24.9 Å². The Bertz CT molecular complexity index is 449. The third-order valence-electron chi connectivity index (χ3n) is 4.06. The number of amides is 1. The zero-order valence-electron chi connectivity index (χ0n) is 12.9. The second-order valence-electron chi connectivity index (χ2n) is 5.80. The van der Waals surface area contributed by atoms with Crippen LogP contribution in [0.4, 0.5) is 5.82 Å². The molecule has 0 radical (unpaired) electrons. The van der Waals surface area contributed by atoms with Crippen molar-refractivity contribution in [2.45, 2.75) is 58.5 Å². The third kappa shape index (κ3) is 3.60. The molecule has 1 aliphatic carbocycles. The van der Waals surface area contributed by atoms with E-state index in [0.29, 0.717) is 12.6 Å². The van der Waals surface area contributed by atoms with E-state index in [0.717, 1.165) is 24.3 Å². The first kappa shape index (κ1) is 15.0. The van der Waals surface area contributed by atoms with Gasteiger partial charge in [0.15, 0.2) is 0 Å². The molecule has 0 bridgehead atoms. The van der Waals surface area contributed by atoms with E-state index in [1.54, 1.807) is 0 Å². The van der Waals surface area contributed by atoms with E-state index < -0.39 is 0 Å². The molecule has 1 amide bonds. The first-order valence-corrected chi connectivity index (χ1v) is 7.64. The molecule has 1 N–H and O–H groups in total. The zero-order valence-corrected chi connectivity index (χ0v) is 12.9. The van der Waals surface area contributed by atoms with Crippen LogP contribution in [0.5, 0.6) is 0 Å². The van der Waals surface area contributed by atoms with E-state index in [9.17, 15) is 4.79 Å². The highest BCUT2D eigenvalue weighted by Gasteiger charge is 2.21. The van der Waals surface area contributed by atoms with Gasteiger partial charge < -0.3 is 5.32 Å². The molecule has 2 rings (SSSR count). The average molecular weight is 278 g/mol. The van der Waals surface area contributed by atoms with Crippen LogP contribution in [0.1, 0.15) is 44.6 Å². The molecule has 1 fully saturated rings. The monoisotopic (exact) mass is 278 g/mol. The van der Waals surface area contributed by atoms with Crippen molar-refractivity contribution in [3.63, 3.8) is 0 Å². The largest absolute Gasteiger partial charge is 0.310 e. The molecular weight excluding hydrogens is 252 g/mol. The molecule has 1 aliphatic rings. The Morgan fingerprint density at radius 3 is 2.85 bits per heavy atom. The number of aryl methyl sites for hydroxylation is 2. The third-order valence-corrected chi connectivity index (χ3v) is 4.06. The first-order valence-electron chi connectivity index (χ1n) is 7.64. The van der Waals surface area contributed by atoms with Crippen LogP contribution in [0.25, 0.3) is 0 Å². The quantitative estimate of drug-likeness (QED) is 0.869. The van der Waals surface area contributed by atoms with Gasteiger partial charge in [-0.1, -0.05) is 19.8 Å². The fourth-order valence-corrected chi connectivity index (χ4v) is 2.90. The Labute approximate surface area is 121 Å². The van der Waals surface area contributed by atoms with E-state index in [-0.39, 0.29) is 5.91 Å². The van der Waals surface area contributed by atoms with E-state index >= 15 is 0 Å². The van der Waals surface area contributed by atoms with Crippen LogP contribution < -0.4 is 5.32 Å². The Hall–Kier alpha value is -1.36. The summed E-state index contributed by atoms with van der Waals surface area (Å²) < 4.78 is 1.88. The summed E-state index contributed by atoms with van der Waals surface area (Å²) in [6.45, 7) is 5.38. The zero-order chi connectivity index (χ0) is 14.5. The minimum atomic E-state index is 0.0559. The molecule has 1 aromatic rings. The van der Waals surface area contributed by atoms with E-state index in [1.165, 1.54) is 25.7 Å². The summed E-state index contributed by atoms with van der Waals surface area (Å²) in [5.41, 5.74) is 1.02. The molecule has 112 valence electrons. The van der Waals surface area contributed by atoms with Crippen LogP contribution in [0, 0.1) is 6.92 Å². The van der Waals surface area contributed by atoms with Crippen LogP contribution in [0.15, 0.2) is 6.20 Å². The van der Waals surface area contributed by atoms with Gasteiger partial charge in [-0.25, -0.2) is 4.68 Å². The number of carbonyl (C=O) groups is 1. The van der Waals surface area contributed by atoms with Gasteiger partial charge in [0.1, 0.15) is 5.82 Å². The van der Waals surface area contributed by atoms with E-state index in [4.69, 9.17) is 0 Å². The molecule has 1 aromatic heterocycles. The number of hydrogen-bond donors (Lipinski definition) is 1. The van der Waals surface area contributed by atoms with Crippen LogP contribution >= 0.6 is 0 Å². The number of rotatable bonds is 6. The lowest BCUT2D eigenvalue weighted by molar-refractivity contribution is -0.117. The van der Waals surface area contributed by atoms with Crippen molar-refractivity contribution in [2.24, 2.45) is 0 Å². The number of hydrogen-bond acceptors (Lipinski definition) is 3. The Morgan fingerprint density at radius 2 is 2.20 bits per heavy atom. The highest BCUT2D eigenvalue weighted by Crippen LogP contribution is 2.22. The predicted octanol–water partition coefficient (Wildman–Crippen LogP) is 2.41. The average Bonchev–Trinajstić information content (AvgIpc) is 3.04. The Morgan fingerprint density at radius 1 is 1.50 bits per heavy atom. The summed E-state index contributed by atoms with van der Waals surface area (Å²) in [6.07, 6.45) is 7.84. The van der Waals surface area contributed by atoms with Gasteiger partial charge in [0, 0.05) is 18.2 Å². The second kappa shape index (κ2) is 6.88.